The Labute approximate surface area is 299 Å². The van der Waals surface area contributed by atoms with Crippen LogP contribution in [0, 0.1) is 11.7 Å². The Bertz CT molecular complexity index is 2030. The number of β-lactam (4-membered cyclic amide) rings is 1. The summed E-state index contributed by atoms with van der Waals surface area (Å²) < 4.78 is 52.8. The molecular weight excluding hydrogens is 697 g/mol. The van der Waals surface area contributed by atoms with Gasteiger partial charge in [0.1, 0.15) is 36.0 Å². The SMILES string of the molecule is COC(=O)C1O[C@@H](CS(=O)(=O)c2cc(-c3cccc(O)c3)ccc2[C@@H]2[C@@H](CC[C@H](O)c3ccc(F)cc3)C(=O)N2c2ccccc2)[C@@H](O)C(O)[C@@H]1O. The van der Waals surface area contributed by atoms with Crippen molar-refractivity contribution in [1.29, 1.82) is 0 Å². The highest BCUT2D eigenvalue weighted by Crippen LogP contribution is 2.49. The zero-order valence-electron chi connectivity index (χ0n) is 27.9. The summed E-state index contributed by atoms with van der Waals surface area (Å²) in [5, 5.41) is 52.8. The van der Waals surface area contributed by atoms with Crippen molar-refractivity contribution >= 4 is 27.4 Å². The summed E-state index contributed by atoms with van der Waals surface area (Å²) in [4.78, 5) is 27.4. The third-order valence-electron chi connectivity index (χ3n) is 9.63. The van der Waals surface area contributed by atoms with Gasteiger partial charge in [-0.05, 0) is 77.6 Å². The normalized spacial score (nSPS) is 25.3. The van der Waals surface area contributed by atoms with Crippen molar-refractivity contribution in [3.05, 3.63) is 114 Å². The van der Waals surface area contributed by atoms with Crippen LogP contribution in [-0.2, 0) is 28.9 Å². The molecule has 2 aliphatic heterocycles. The number of hydrogen-bond acceptors (Lipinski definition) is 11. The molecule has 2 fully saturated rings. The van der Waals surface area contributed by atoms with Gasteiger partial charge in [-0.15, -0.1) is 0 Å². The molecule has 274 valence electrons. The lowest BCUT2D eigenvalue weighted by Gasteiger charge is -2.48. The van der Waals surface area contributed by atoms with E-state index < -0.39 is 76.0 Å². The second kappa shape index (κ2) is 15.1. The number of esters is 1. The van der Waals surface area contributed by atoms with Crippen molar-refractivity contribution < 1.29 is 57.4 Å². The first kappa shape index (κ1) is 37.1. The van der Waals surface area contributed by atoms with Crippen molar-refractivity contribution in [2.24, 2.45) is 5.92 Å². The molecule has 2 unspecified atom stereocenters. The van der Waals surface area contributed by atoms with E-state index in [-0.39, 0.29) is 35.0 Å². The van der Waals surface area contributed by atoms with Gasteiger partial charge < -0.3 is 39.9 Å². The number of rotatable bonds is 11. The van der Waals surface area contributed by atoms with E-state index in [9.17, 15) is 47.9 Å². The smallest absolute Gasteiger partial charge is 0.337 e. The van der Waals surface area contributed by atoms with Gasteiger partial charge in [-0.25, -0.2) is 17.6 Å². The number of sulfone groups is 1. The van der Waals surface area contributed by atoms with Crippen LogP contribution in [0.15, 0.2) is 102 Å². The Morgan fingerprint density at radius 1 is 0.904 bits per heavy atom. The molecule has 4 aromatic carbocycles. The highest BCUT2D eigenvalue weighted by Gasteiger charge is 2.52. The standard InChI is InChI=1S/C38H38FNO11S/c1-50-38(47)36-35(45)34(44)33(43)30(51-36)20-52(48,49)31-19-23(22-6-5-9-26(41)18-22)12-15-27(31)32-28(37(46)40(32)25-7-3-2-4-8-25)16-17-29(42)21-10-13-24(39)14-11-21/h2-15,18-19,28-30,32-36,41-45H,16-17,20H2,1H3/t28-,29+,30+,32-,33-,34?,35+,36?/m1/s1. The first-order valence-corrected chi connectivity index (χ1v) is 18.2. The monoisotopic (exact) mass is 735 g/mol. The number of anilines is 1. The third kappa shape index (κ3) is 7.31. The highest BCUT2D eigenvalue weighted by molar-refractivity contribution is 7.91. The summed E-state index contributed by atoms with van der Waals surface area (Å²) in [5.41, 5.74) is 2.03. The Morgan fingerprint density at radius 3 is 2.27 bits per heavy atom. The molecule has 12 nitrogen and oxygen atoms in total. The molecule has 0 spiro atoms. The van der Waals surface area contributed by atoms with Gasteiger partial charge in [0.25, 0.3) is 0 Å². The molecule has 0 aliphatic carbocycles. The van der Waals surface area contributed by atoms with E-state index in [2.05, 4.69) is 4.74 Å². The summed E-state index contributed by atoms with van der Waals surface area (Å²) in [7, 11) is -3.50. The summed E-state index contributed by atoms with van der Waals surface area (Å²) in [5.74, 6) is -3.67. The molecule has 2 saturated heterocycles. The van der Waals surface area contributed by atoms with Gasteiger partial charge in [0.05, 0.1) is 35.8 Å². The van der Waals surface area contributed by atoms with E-state index in [1.165, 1.54) is 47.4 Å². The molecule has 14 heteroatoms. The Morgan fingerprint density at radius 2 is 1.60 bits per heavy atom. The van der Waals surface area contributed by atoms with Gasteiger partial charge in [-0.1, -0.05) is 54.6 Å². The van der Waals surface area contributed by atoms with Crippen LogP contribution in [0.5, 0.6) is 5.75 Å². The third-order valence-corrected chi connectivity index (χ3v) is 11.4. The van der Waals surface area contributed by atoms with Crippen molar-refractivity contribution in [1.82, 2.24) is 0 Å². The molecule has 0 bridgehead atoms. The van der Waals surface area contributed by atoms with Crippen molar-refractivity contribution in [3.63, 3.8) is 0 Å². The van der Waals surface area contributed by atoms with Crippen molar-refractivity contribution in [3.8, 4) is 16.9 Å². The maximum absolute atomic E-state index is 14.5. The van der Waals surface area contributed by atoms with E-state index in [4.69, 9.17) is 4.74 Å². The van der Waals surface area contributed by atoms with Crippen LogP contribution in [0.4, 0.5) is 10.1 Å². The first-order valence-electron chi connectivity index (χ1n) is 16.6. The lowest BCUT2D eigenvalue weighted by molar-refractivity contribution is -0.224. The maximum Gasteiger partial charge on any atom is 0.337 e. The number of nitrogens with zero attached hydrogens (tertiary/aromatic N) is 1. The number of para-hydroxylation sites is 1. The number of halogens is 1. The lowest BCUT2D eigenvalue weighted by atomic mass is 9.78. The van der Waals surface area contributed by atoms with Crippen LogP contribution in [0.25, 0.3) is 11.1 Å². The zero-order chi connectivity index (χ0) is 37.3. The number of aliphatic hydroxyl groups excluding tert-OH is 4. The summed E-state index contributed by atoms with van der Waals surface area (Å²) >= 11 is 0. The predicted molar refractivity (Wildman–Crippen MR) is 185 cm³/mol. The number of aliphatic hydroxyl groups is 4. The first-order chi connectivity index (χ1) is 24.8. The molecule has 1 amide bonds. The van der Waals surface area contributed by atoms with Gasteiger partial charge in [-0.3, -0.25) is 4.79 Å². The quantitative estimate of drug-likeness (QED) is 0.112. The van der Waals surface area contributed by atoms with E-state index >= 15 is 0 Å². The molecule has 0 radical (unpaired) electrons. The molecule has 0 aromatic heterocycles. The minimum Gasteiger partial charge on any atom is -0.508 e. The van der Waals surface area contributed by atoms with Gasteiger partial charge in [-0.2, -0.15) is 0 Å². The van der Waals surface area contributed by atoms with Crippen LogP contribution >= 0.6 is 0 Å². The average molecular weight is 736 g/mol. The van der Waals surface area contributed by atoms with Crippen LogP contribution in [0.2, 0.25) is 0 Å². The number of amides is 1. The molecule has 8 atom stereocenters. The summed E-state index contributed by atoms with van der Waals surface area (Å²) in [6.45, 7) is 0. The minimum absolute atomic E-state index is 0.0641. The molecule has 6 rings (SSSR count). The number of phenols is 1. The van der Waals surface area contributed by atoms with Gasteiger partial charge in [0.15, 0.2) is 15.9 Å². The topological polar surface area (TPSA) is 191 Å². The lowest BCUT2D eigenvalue weighted by Crippen LogP contribution is -2.61. The van der Waals surface area contributed by atoms with Crippen molar-refractivity contribution in [2.75, 3.05) is 17.8 Å². The number of methoxy groups -OCH3 is 1. The number of phenolic OH excluding ortho intramolecular Hbond substituents is 1. The number of benzene rings is 4. The molecule has 5 N–H and O–H groups in total. The van der Waals surface area contributed by atoms with E-state index in [1.807, 2.05) is 0 Å². The fraction of sp³-hybridized carbons (Fsp3) is 0.316. The second-order valence-electron chi connectivity index (χ2n) is 12.9. The van der Waals surface area contributed by atoms with Crippen molar-refractivity contribution in [2.45, 2.75) is 60.4 Å². The zero-order valence-corrected chi connectivity index (χ0v) is 28.7. The number of carbonyl (C=O) groups is 2. The minimum atomic E-state index is -4.52. The largest absolute Gasteiger partial charge is 0.508 e. The van der Waals surface area contributed by atoms with E-state index in [1.54, 1.807) is 54.6 Å². The molecule has 0 saturated carbocycles. The summed E-state index contributed by atoms with van der Waals surface area (Å²) in [6.07, 6.45) is -10.0. The number of hydrogen-bond donors (Lipinski definition) is 5. The fourth-order valence-corrected chi connectivity index (χ4v) is 8.61. The second-order valence-corrected chi connectivity index (χ2v) is 14.9. The van der Waals surface area contributed by atoms with Crippen LogP contribution < -0.4 is 4.90 Å². The average Bonchev–Trinajstić information content (AvgIpc) is 3.14. The molecule has 4 aromatic rings. The number of carbonyl (C=O) groups excluding carboxylic acids is 2. The van der Waals surface area contributed by atoms with Crippen LogP contribution in [-0.4, -0.2) is 89.2 Å². The summed E-state index contributed by atoms with van der Waals surface area (Å²) in [6, 6.07) is 23.9. The fourth-order valence-electron chi connectivity index (χ4n) is 6.87. The van der Waals surface area contributed by atoms with Gasteiger partial charge in [0.2, 0.25) is 5.91 Å². The number of ether oxygens (including phenoxy) is 2. The Kier molecular flexibility index (Phi) is 10.8. The van der Waals surface area contributed by atoms with E-state index in [0.717, 1.165) is 7.11 Å². The molecule has 2 heterocycles. The van der Waals surface area contributed by atoms with Gasteiger partial charge in [0, 0.05) is 5.69 Å². The van der Waals surface area contributed by atoms with Crippen LogP contribution in [0.3, 0.4) is 0 Å². The maximum atomic E-state index is 14.5. The highest BCUT2D eigenvalue weighted by atomic mass is 32.2. The Hall–Kier alpha value is -4.70. The molecule has 52 heavy (non-hydrogen) atoms. The Balaban J connectivity index is 1.42. The van der Waals surface area contributed by atoms with Crippen LogP contribution in [0.1, 0.15) is 36.1 Å². The molecular formula is C38H38FNO11S. The molecule has 2 aliphatic rings. The number of aromatic hydroxyl groups is 1. The van der Waals surface area contributed by atoms with Gasteiger partial charge >= 0.3 is 5.97 Å². The predicted octanol–water partition coefficient (Wildman–Crippen LogP) is 3.21. The van der Waals surface area contributed by atoms with E-state index in [0.29, 0.717) is 22.4 Å².